The molecule has 1 atom stereocenters. The van der Waals surface area contributed by atoms with Gasteiger partial charge in [-0.3, -0.25) is 0 Å². The van der Waals surface area contributed by atoms with Gasteiger partial charge in [0, 0.05) is 16.9 Å². The van der Waals surface area contributed by atoms with E-state index in [1.54, 1.807) is 6.07 Å². The van der Waals surface area contributed by atoms with Crippen molar-refractivity contribution >= 4 is 39.1 Å². The molecule has 0 fully saturated rings. The van der Waals surface area contributed by atoms with E-state index in [1.165, 1.54) is 0 Å². The number of hydrogen-bond donors (Lipinski definition) is 3. The molecule has 88 valence electrons. The second-order valence-corrected chi connectivity index (χ2v) is 4.79. The fraction of sp³-hybridized carbons (Fsp3) is 0.300. The van der Waals surface area contributed by atoms with Gasteiger partial charge in [0.1, 0.15) is 5.84 Å². The maximum absolute atomic E-state index is 8.45. The van der Waals surface area contributed by atoms with Crippen molar-refractivity contribution in [3.05, 3.63) is 27.7 Å². The van der Waals surface area contributed by atoms with Crippen LogP contribution in [0.1, 0.15) is 13.3 Å². The monoisotopic (exact) mass is 305 g/mol. The first-order valence-corrected chi connectivity index (χ1v) is 5.88. The molecule has 1 aromatic carbocycles. The Morgan fingerprint density at radius 2 is 2.38 bits per heavy atom. The summed E-state index contributed by atoms with van der Waals surface area (Å²) in [7, 11) is 0. The minimum absolute atomic E-state index is 0.0303. The molecule has 0 radical (unpaired) electrons. The van der Waals surface area contributed by atoms with Crippen molar-refractivity contribution in [3.8, 4) is 0 Å². The molecule has 4 nitrogen and oxygen atoms in total. The maximum Gasteiger partial charge on any atom is 0.141 e. The third kappa shape index (κ3) is 3.90. The van der Waals surface area contributed by atoms with Crippen molar-refractivity contribution in [2.75, 3.05) is 5.32 Å². The number of anilines is 1. The van der Waals surface area contributed by atoms with E-state index in [0.717, 1.165) is 10.2 Å². The van der Waals surface area contributed by atoms with E-state index in [-0.39, 0.29) is 11.9 Å². The zero-order valence-corrected chi connectivity index (χ0v) is 11.1. The fourth-order valence-electron chi connectivity index (χ4n) is 1.28. The lowest BCUT2D eigenvalue weighted by Gasteiger charge is -2.15. The van der Waals surface area contributed by atoms with Gasteiger partial charge in [0.25, 0.3) is 0 Å². The van der Waals surface area contributed by atoms with Crippen LogP contribution in [0.3, 0.4) is 0 Å². The van der Waals surface area contributed by atoms with Crippen LogP contribution >= 0.6 is 27.5 Å². The largest absolute Gasteiger partial charge is 0.409 e. The Hall–Kier alpha value is -0.940. The summed E-state index contributed by atoms with van der Waals surface area (Å²) in [6, 6.07) is 5.57. The van der Waals surface area contributed by atoms with E-state index in [4.69, 9.17) is 22.5 Å². The molecule has 0 spiro atoms. The number of halogens is 2. The molecule has 4 N–H and O–H groups in total. The van der Waals surface area contributed by atoms with Crippen LogP contribution in [-0.2, 0) is 0 Å². The summed E-state index contributed by atoms with van der Waals surface area (Å²) in [4.78, 5) is 0. The third-order valence-electron chi connectivity index (χ3n) is 1.97. The third-order valence-corrected chi connectivity index (χ3v) is 2.80. The van der Waals surface area contributed by atoms with E-state index in [2.05, 4.69) is 26.4 Å². The van der Waals surface area contributed by atoms with Gasteiger partial charge in [-0.25, -0.2) is 0 Å². The van der Waals surface area contributed by atoms with E-state index >= 15 is 0 Å². The average molecular weight is 307 g/mol. The summed E-state index contributed by atoms with van der Waals surface area (Å²) in [5, 5.41) is 15.2. The Kier molecular flexibility index (Phi) is 4.89. The smallest absolute Gasteiger partial charge is 0.141 e. The van der Waals surface area contributed by atoms with Gasteiger partial charge < -0.3 is 16.3 Å². The SMILES string of the molecule is CC(CC(N)=NO)Nc1cc(Br)ccc1Cl. The van der Waals surface area contributed by atoms with Crippen LogP contribution in [0.25, 0.3) is 0 Å². The van der Waals surface area contributed by atoms with Gasteiger partial charge in [-0.1, -0.05) is 32.7 Å². The normalized spacial score (nSPS) is 13.6. The number of nitrogens with one attached hydrogen (secondary N) is 1. The lowest BCUT2D eigenvalue weighted by atomic mass is 10.2. The molecule has 6 heteroatoms. The fourth-order valence-corrected chi connectivity index (χ4v) is 1.81. The van der Waals surface area contributed by atoms with Crippen molar-refractivity contribution in [2.24, 2.45) is 10.9 Å². The molecule has 1 rings (SSSR count). The first kappa shape index (κ1) is 13.1. The summed E-state index contributed by atoms with van der Waals surface area (Å²) in [6.07, 6.45) is 0.444. The Balaban J connectivity index is 2.69. The van der Waals surface area contributed by atoms with Crippen LogP contribution in [0, 0.1) is 0 Å². The van der Waals surface area contributed by atoms with Gasteiger partial charge >= 0.3 is 0 Å². The number of hydrogen-bond acceptors (Lipinski definition) is 3. The molecule has 0 aliphatic heterocycles. The van der Waals surface area contributed by atoms with Gasteiger partial charge in [0.15, 0.2) is 0 Å². The predicted octanol–water partition coefficient (Wildman–Crippen LogP) is 3.04. The Morgan fingerprint density at radius 1 is 1.69 bits per heavy atom. The molecule has 0 saturated carbocycles. The number of amidine groups is 1. The van der Waals surface area contributed by atoms with E-state index in [9.17, 15) is 0 Å². The first-order chi connectivity index (χ1) is 7.52. The molecular formula is C10H13BrClN3O. The van der Waals surface area contributed by atoms with Gasteiger partial charge in [-0.05, 0) is 25.1 Å². The summed E-state index contributed by atoms with van der Waals surface area (Å²) in [5.41, 5.74) is 6.23. The minimum Gasteiger partial charge on any atom is -0.409 e. The molecule has 0 amide bonds. The highest BCUT2D eigenvalue weighted by molar-refractivity contribution is 9.10. The van der Waals surface area contributed by atoms with Crippen LogP contribution in [0.4, 0.5) is 5.69 Å². The molecule has 0 heterocycles. The van der Waals surface area contributed by atoms with Crippen molar-refractivity contribution in [1.82, 2.24) is 0 Å². The first-order valence-electron chi connectivity index (χ1n) is 4.71. The lowest BCUT2D eigenvalue weighted by molar-refractivity contribution is 0.316. The predicted molar refractivity (Wildman–Crippen MR) is 70.3 cm³/mol. The Bertz CT molecular complexity index is 398. The number of rotatable bonds is 4. The Morgan fingerprint density at radius 3 is 3.00 bits per heavy atom. The molecule has 0 saturated heterocycles. The second-order valence-electron chi connectivity index (χ2n) is 3.47. The average Bonchev–Trinajstić information content (AvgIpc) is 2.23. The molecule has 0 bridgehead atoms. The Labute approximate surface area is 108 Å². The van der Waals surface area contributed by atoms with Crippen LogP contribution in [0.5, 0.6) is 0 Å². The number of nitrogens with two attached hydrogens (primary N) is 1. The topological polar surface area (TPSA) is 70.6 Å². The van der Waals surface area contributed by atoms with Crippen LogP contribution in [0.15, 0.2) is 27.8 Å². The van der Waals surface area contributed by atoms with Crippen LogP contribution in [0.2, 0.25) is 5.02 Å². The van der Waals surface area contributed by atoms with Gasteiger partial charge in [0.2, 0.25) is 0 Å². The molecule has 0 aliphatic carbocycles. The lowest BCUT2D eigenvalue weighted by Crippen LogP contribution is -2.24. The van der Waals surface area contributed by atoms with E-state index < -0.39 is 0 Å². The second kappa shape index (κ2) is 5.96. The van der Waals surface area contributed by atoms with E-state index in [0.29, 0.717) is 11.4 Å². The van der Waals surface area contributed by atoms with Gasteiger partial charge in [-0.2, -0.15) is 0 Å². The van der Waals surface area contributed by atoms with Crippen molar-refractivity contribution in [1.29, 1.82) is 0 Å². The molecular weight excluding hydrogens is 293 g/mol. The molecule has 1 aromatic rings. The minimum atomic E-state index is 0.0303. The summed E-state index contributed by atoms with van der Waals surface area (Å²) in [6.45, 7) is 1.93. The highest BCUT2D eigenvalue weighted by Gasteiger charge is 2.07. The van der Waals surface area contributed by atoms with Gasteiger partial charge in [0.05, 0.1) is 10.7 Å². The summed E-state index contributed by atoms with van der Waals surface area (Å²) in [5.74, 6) is 0.186. The summed E-state index contributed by atoms with van der Waals surface area (Å²) >= 11 is 9.38. The summed E-state index contributed by atoms with van der Waals surface area (Å²) < 4.78 is 0.940. The highest BCUT2D eigenvalue weighted by Crippen LogP contribution is 2.26. The van der Waals surface area contributed by atoms with E-state index in [1.807, 2.05) is 19.1 Å². The van der Waals surface area contributed by atoms with Crippen LogP contribution < -0.4 is 11.1 Å². The molecule has 16 heavy (non-hydrogen) atoms. The van der Waals surface area contributed by atoms with Gasteiger partial charge in [-0.15, -0.1) is 0 Å². The standard InChI is InChI=1S/C10H13BrClN3O/c1-6(4-10(13)15-16)14-9-5-7(11)2-3-8(9)12/h2-3,5-6,14,16H,4H2,1H3,(H2,13,15). The van der Waals surface area contributed by atoms with Crippen molar-refractivity contribution < 1.29 is 5.21 Å². The zero-order valence-electron chi connectivity index (χ0n) is 8.74. The van der Waals surface area contributed by atoms with Crippen molar-refractivity contribution in [3.63, 3.8) is 0 Å². The number of nitrogens with zero attached hydrogens (tertiary/aromatic N) is 1. The van der Waals surface area contributed by atoms with Crippen LogP contribution in [-0.4, -0.2) is 17.1 Å². The quantitative estimate of drug-likeness (QED) is 0.346. The zero-order chi connectivity index (χ0) is 12.1. The van der Waals surface area contributed by atoms with Crippen molar-refractivity contribution in [2.45, 2.75) is 19.4 Å². The number of oxime groups is 1. The number of benzene rings is 1. The molecule has 1 unspecified atom stereocenters. The molecule has 0 aromatic heterocycles. The highest BCUT2D eigenvalue weighted by atomic mass is 79.9. The molecule has 0 aliphatic rings. The maximum atomic E-state index is 8.45.